The molecule has 0 spiro atoms. The van der Waals surface area contributed by atoms with Crippen LogP contribution in [0, 0.1) is 11.8 Å². The first-order chi connectivity index (χ1) is 7.61. The number of methoxy groups -OCH3 is 1. The number of rotatable bonds is 1. The van der Waals surface area contributed by atoms with Gasteiger partial charge in [0.25, 0.3) is 0 Å². The van der Waals surface area contributed by atoms with Crippen LogP contribution in [-0.2, 0) is 14.3 Å². The van der Waals surface area contributed by atoms with Gasteiger partial charge >= 0.3 is 5.97 Å². The molecule has 0 atom stereocenters. The van der Waals surface area contributed by atoms with Crippen LogP contribution in [0.15, 0.2) is 24.3 Å². The van der Waals surface area contributed by atoms with Crippen molar-refractivity contribution in [3.63, 3.8) is 0 Å². The van der Waals surface area contributed by atoms with Crippen LogP contribution in [0.1, 0.15) is 12.5 Å². The highest BCUT2D eigenvalue weighted by Gasteiger charge is 1.96. The molecular formula is C12H11NO3. The summed E-state index contributed by atoms with van der Waals surface area (Å²) in [6, 6.07) is 6.90. The Kier molecular flexibility index (Phi) is 4.10. The van der Waals surface area contributed by atoms with E-state index >= 15 is 0 Å². The molecule has 1 amide bonds. The zero-order valence-electron chi connectivity index (χ0n) is 9.03. The largest absolute Gasteiger partial charge is 0.459 e. The van der Waals surface area contributed by atoms with Gasteiger partial charge in [-0.1, -0.05) is 12.0 Å². The van der Waals surface area contributed by atoms with E-state index in [9.17, 15) is 9.59 Å². The molecule has 1 rings (SSSR count). The van der Waals surface area contributed by atoms with Crippen LogP contribution in [0.3, 0.4) is 0 Å². The average molecular weight is 217 g/mol. The maximum atomic E-state index is 10.8. The van der Waals surface area contributed by atoms with E-state index in [0.29, 0.717) is 11.3 Å². The summed E-state index contributed by atoms with van der Waals surface area (Å²) in [7, 11) is 1.27. The summed E-state index contributed by atoms with van der Waals surface area (Å²) in [6.45, 7) is 1.42. The lowest BCUT2D eigenvalue weighted by Crippen LogP contribution is -2.05. The molecule has 0 fully saturated rings. The molecular weight excluding hydrogens is 206 g/mol. The first-order valence-electron chi connectivity index (χ1n) is 4.59. The summed E-state index contributed by atoms with van der Waals surface area (Å²) in [4.78, 5) is 21.6. The van der Waals surface area contributed by atoms with Crippen molar-refractivity contribution in [2.45, 2.75) is 6.92 Å². The van der Waals surface area contributed by atoms with Crippen molar-refractivity contribution in [1.29, 1.82) is 0 Å². The Balaban J connectivity index is 2.85. The van der Waals surface area contributed by atoms with Crippen molar-refractivity contribution in [1.82, 2.24) is 0 Å². The molecule has 4 nitrogen and oxygen atoms in total. The smallest absolute Gasteiger partial charge is 0.384 e. The van der Waals surface area contributed by atoms with Gasteiger partial charge in [0.1, 0.15) is 0 Å². The van der Waals surface area contributed by atoms with Crippen molar-refractivity contribution < 1.29 is 14.3 Å². The molecule has 0 aliphatic rings. The molecule has 0 unspecified atom stereocenters. The number of hydrogen-bond donors (Lipinski definition) is 1. The Morgan fingerprint density at radius 2 is 2.12 bits per heavy atom. The number of carbonyl (C=O) groups is 2. The van der Waals surface area contributed by atoms with E-state index in [0.717, 1.165) is 0 Å². The first kappa shape index (κ1) is 11.8. The molecule has 1 aromatic rings. The molecule has 4 heteroatoms. The number of carbonyl (C=O) groups excluding carboxylic acids is 2. The van der Waals surface area contributed by atoms with Gasteiger partial charge in [-0.15, -0.1) is 0 Å². The normalized spacial score (nSPS) is 8.62. The molecule has 0 aliphatic heterocycles. The number of esters is 1. The van der Waals surface area contributed by atoms with E-state index in [1.807, 2.05) is 0 Å². The molecule has 0 saturated heterocycles. The Hall–Kier alpha value is -2.28. The predicted molar refractivity (Wildman–Crippen MR) is 59.6 cm³/mol. The van der Waals surface area contributed by atoms with Gasteiger partial charge in [-0.25, -0.2) is 4.79 Å². The maximum Gasteiger partial charge on any atom is 0.384 e. The van der Waals surface area contributed by atoms with Crippen LogP contribution in [0.2, 0.25) is 0 Å². The summed E-state index contributed by atoms with van der Waals surface area (Å²) >= 11 is 0. The molecule has 0 aliphatic carbocycles. The van der Waals surface area contributed by atoms with Crippen LogP contribution in [0.4, 0.5) is 5.69 Å². The molecule has 0 aromatic heterocycles. The molecule has 16 heavy (non-hydrogen) atoms. The van der Waals surface area contributed by atoms with Crippen molar-refractivity contribution >= 4 is 17.6 Å². The van der Waals surface area contributed by atoms with E-state index < -0.39 is 5.97 Å². The highest BCUT2D eigenvalue weighted by molar-refractivity contribution is 5.90. The fourth-order valence-electron chi connectivity index (χ4n) is 1.05. The van der Waals surface area contributed by atoms with Crippen molar-refractivity contribution in [2.24, 2.45) is 0 Å². The van der Waals surface area contributed by atoms with E-state index in [4.69, 9.17) is 0 Å². The lowest BCUT2D eigenvalue weighted by atomic mass is 10.2. The maximum absolute atomic E-state index is 10.8. The third-order valence-corrected chi connectivity index (χ3v) is 1.68. The minimum atomic E-state index is -0.593. The fourth-order valence-corrected chi connectivity index (χ4v) is 1.05. The Morgan fingerprint density at radius 1 is 1.38 bits per heavy atom. The second kappa shape index (κ2) is 5.56. The predicted octanol–water partition coefficient (Wildman–Crippen LogP) is 1.17. The minimum absolute atomic E-state index is 0.155. The number of nitrogens with one attached hydrogen (secondary N) is 1. The van der Waals surface area contributed by atoms with Gasteiger partial charge in [0, 0.05) is 24.1 Å². The van der Waals surface area contributed by atoms with Gasteiger partial charge in [0.2, 0.25) is 5.91 Å². The quantitative estimate of drug-likeness (QED) is 0.567. The van der Waals surface area contributed by atoms with E-state index in [1.165, 1.54) is 14.0 Å². The van der Waals surface area contributed by atoms with Gasteiger partial charge in [-0.2, -0.15) is 0 Å². The lowest BCUT2D eigenvalue weighted by molar-refractivity contribution is -0.133. The van der Waals surface area contributed by atoms with E-state index in [-0.39, 0.29) is 5.91 Å². The van der Waals surface area contributed by atoms with E-state index in [1.54, 1.807) is 24.3 Å². The molecule has 1 aromatic carbocycles. The standard InChI is InChI=1S/C12H11NO3/c1-9(14)13-11-5-3-4-10(8-11)6-7-12(15)16-2/h3-5,8H,1-2H3,(H,13,14). The molecule has 0 heterocycles. The van der Waals surface area contributed by atoms with Gasteiger partial charge in [0.05, 0.1) is 7.11 Å². The van der Waals surface area contributed by atoms with Crippen molar-refractivity contribution in [2.75, 3.05) is 12.4 Å². The number of ether oxygens (including phenoxy) is 1. The van der Waals surface area contributed by atoms with Crippen LogP contribution in [0.25, 0.3) is 0 Å². The zero-order valence-corrected chi connectivity index (χ0v) is 9.03. The first-order valence-corrected chi connectivity index (χ1v) is 4.59. The van der Waals surface area contributed by atoms with Crippen molar-refractivity contribution in [3.05, 3.63) is 29.8 Å². The third-order valence-electron chi connectivity index (χ3n) is 1.68. The topological polar surface area (TPSA) is 55.4 Å². The second-order valence-corrected chi connectivity index (χ2v) is 3.00. The second-order valence-electron chi connectivity index (χ2n) is 3.00. The van der Waals surface area contributed by atoms with Crippen LogP contribution < -0.4 is 5.32 Å². The van der Waals surface area contributed by atoms with E-state index in [2.05, 4.69) is 21.9 Å². The monoisotopic (exact) mass is 217 g/mol. The minimum Gasteiger partial charge on any atom is -0.459 e. The number of amides is 1. The third kappa shape index (κ3) is 3.84. The fraction of sp³-hybridized carbons (Fsp3) is 0.167. The van der Waals surface area contributed by atoms with Crippen LogP contribution >= 0.6 is 0 Å². The Labute approximate surface area is 93.6 Å². The molecule has 0 radical (unpaired) electrons. The SMILES string of the molecule is COC(=O)C#Cc1cccc(NC(C)=O)c1. The van der Waals surface area contributed by atoms with Gasteiger partial charge in [-0.3, -0.25) is 4.79 Å². The summed E-state index contributed by atoms with van der Waals surface area (Å²) in [6.07, 6.45) is 0. The highest BCUT2D eigenvalue weighted by Crippen LogP contribution is 2.09. The molecule has 82 valence electrons. The summed E-state index contributed by atoms with van der Waals surface area (Å²) in [5, 5.41) is 2.62. The van der Waals surface area contributed by atoms with Gasteiger partial charge in [0.15, 0.2) is 0 Å². The Bertz CT molecular complexity index is 469. The van der Waals surface area contributed by atoms with Crippen LogP contribution in [-0.4, -0.2) is 19.0 Å². The Morgan fingerprint density at radius 3 is 2.75 bits per heavy atom. The molecule has 0 saturated carbocycles. The number of anilines is 1. The van der Waals surface area contributed by atoms with Crippen molar-refractivity contribution in [3.8, 4) is 11.8 Å². The van der Waals surface area contributed by atoms with Crippen LogP contribution in [0.5, 0.6) is 0 Å². The number of hydrogen-bond acceptors (Lipinski definition) is 3. The number of benzene rings is 1. The summed E-state index contributed by atoms with van der Waals surface area (Å²) in [5.74, 6) is 4.19. The summed E-state index contributed by atoms with van der Waals surface area (Å²) in [5.41, 5.74) is 1.28. The molecule has 1 N–H and O–H groups in total. The average Bonchev–Trinajstić information content (AvgIpc) is 2.25. The highest BCUT2D eigenvalue weighted by atomic mass is 16.5. The van der Waals surface area contributed by atoms with Gasteiger partial charge in [-0.05, 0) is 18.2 Å². The zero-order chi connectivity index (χ0) is 12.0. The summed E-state index contributed by atoms with van der Waals surface area (Å²) < 4.78 is 4.38. The lowest BCUT2D eigenvalue weighted by Gasteiger charge is -2.01. The van der Waals surface area contributed by atoms with Gasteiger partial charge < -0.3 is 10.1 Å². The molecule has 0 bridgehead atoms.